The van der Waals surface area contributed by atoms with Crippen LogP contribution in [0.2, 0.25) is 0 Å². The largest absolute Gasteiger partial charge is 0.466 e. The molecule has 0 bridgehead atoms. The van der Waals surface area contributed by atoms with Crippen molar-refractivity contribution in [3.63, 3.8) is 0 Å². The highest BCUT2D eigenvalue weighted by Gasteiger charge is 2.16. The predicted octanol–water partition coefficient (Wildman–Crippen LogP) is 1.93. The molecule has 0 radical (unpaired) electrons. The van der Waals surface area contributed by atoms with E-state index in [2.05, 4.69) is 4.72 Å². The van der Waals surface area contributed by atoms with Gasteiger partial charge in [-0.3, -0.25) is 4.79 Å². The van der Waals surface area contributed by atoms with Gasteiger partial charge < -0.3 is 4.74 Å². The molecule has 0 heterocycles. The Labute approximate surface area is 120 Å². The summed E-state index contributed by atoms with van der Waals surface area (Å²) in [7, 11) is -3.53. The first-order valence-electron chi connectivity index (χ1n) is 6.59. The minimum Gasteiger partial charge on any atom is -0.466 e. The lowest BCUT2D eigenvalue weighted by molar-refractivity contribution is -0.143. The van der Waals surface area contributed by atoms with Crippen molar-refractivity contribution in [2.75, 3.05) is 13.2 Å². The molecule has 0 unspecified atom stereocenters. The third kappa shape index (κ3) is 4.94. The molecular formula is C14H21NO4S. The van der Waals surface area contributed by atoms with Gasteiger partial charge in [0.2, 0.25) is 10.0 Å². The van der Waals surface area contributed by atoms with E-state index in [1.807, 2.05) is 13.0 Å². The molecule has 0 saturated carbocycles. The molecule has 1 aromatic carbocycles. The summed E-state index contributed by atoms with van der Waals surface area (Å²) >= 11 is 0. The van der Waals surface area contributed by atoms with E-state index in [-0.39, 0.29) is 23.8 Å². The minimum atomic E-state index is -3.53. The van der Waals surface area contributed by atoms with Crippen molar-refractivity contribution in [3.05, 3.63) is 29.3 Å². The molecule has 0 aliphatic rings. The van der Waals surface area contributed by atoms with Gasteiger partial charge in [0.15, 0.2) is 0 Å². The van der Waals surface area contributed by atoms with Crippen LogP contribution in [0.3, 0.4) is 0 Å². The Morgan fingerprint density at radius 2 is 2.00 bits per heavy atom. The van der Waals surface area contributed by atoms with Gasteiger partial charge in [0.25, 0.3) is 0 Å². The van der Waals surface area contributed by atoms with Crippen LogP contribution in [-0.2, 0) is 19.6 Å². The fraction of sp³-hybridized carbons (Fsp3) is 0.500. The molecule has 5 nitrogen and oxygen atoms in total. The first kappa shape index (κ1) is 16.7. The van der Waals surface area contributed by atoms with Crippen LogP contribution in [0.25, 0.3) is 0 Å². The molecule has 0 spiro atoms. The van der Waals surface area contributed by atoms with Crippen molar-refractivity contribution < 1.29 is 17.9 Å². The van der Waals surface area contributed by atoms with Gasteiger partial charge in [0, 0.05) is 13.0 Å². The fourth-order valence-corrected chi connectivity index (χ4v) is 3.15. The minimum absolute atomic E-state index is 0.211. The fourth-order valence-electron chi connectivity index (χ4n) is 1.75. The van der Waals surface area contributed by atoms with Gasteiger partial charge in [0.05, 0.1) is 11.5 Å². The summed E-state index contributed by atoms with van der Waals surface area (Å²) in [5.41, 5.74) is 1.59. The smallest absolute Gasteiger partial charge is 0.305 e. The van der Waals surface area contributed by atoms with E-state index in [1.54, 1.807) is 26.0 Å². The normalized spacial score (nSPS) is 11.3. The lowest BCUT2D eigenvalue weighted by Gasteiger charge is -2.10. The third-order valence-corrected chi connectivity index (χ3v) is 4.39. The first-order valence-corrected chi connectivity index (χ1v) is 8.07. The van der Waals surface area contributed by atoms with E-state index >= 15 is 0 Å². The van der Waals surface area contributed by atoms with Crippen LogP contribution in [0, 0.1) is 13.8 Å². The number of nitrogens with one attached hydrogen (secondary N) is 1. The third-order valence-electron chi connectivity index (χ3n) is 2.79. The maximum atomic E-state index is 12.1. The van der Waals surface area contributed by atoms with Crippen LogP contribution in [0.4, 0.5) is 0 Å². The average Bonchev–Trinajstić information content (AvgIpc) is 2.38. The second-order valence-corrected chi connectivity index (χ2v) is 6.31. The molecule has 1 rings (SSSR count). The molecule has 1 aromatic rings. The molecule has 0 aliphatic heterocycles. The Kier molecular flexibility index (Phi) is 6.16. The number of carbonyl (C=O) groups excluding carboxylic acids is 1. The van der Waals surface area contributed by atoms with E-state index in [4.69, 9.17) is 4.74 Å². The molecule has 20 heavy (non-hydrogen) atoms. The molecule has 0 amide bonds. The number of hydrogen-bond acceptors (Lipinski definition) is 4. The summed E-state index contributed by atoms with van der Waals surface area (Å²) in [4.78, 5) is 11.4. The van der Waals surface area contributed by atoms with Crippen LogP contribution < -0.4 is 4.72 Å². The number of hydrogen-bond donors (Lipinski definition) is 1. The van der Waals surface area contributed by atoms with Crippen LogP contribution in [-0.4, -0.2) is 27.5 Å². The lowest BCUT2D eigenvalue weighted by atomic mass is 10.2. The Morgan fingerprint density at radius 1 is 1.30 bits per heavy atom. The molecule has 112 valence electrons. The molecule has 1 N–H and O–H groups in total. The van der Waals surface area contributed by atoms with Gasteiger partial charge in [-0.25, -0.2) is 13.1 Å². The summed E-state index contributed by atoms with van der Waals surface area (Å²) in [5.74, 6) is -0.307. The number of sulfonamides is 1. The van der Waals surface area contributed by atoms with Crippen molar-refractivity contribution in [1.29, 1.82) is 0 Å². The van der Waals surface area contributed by atoms with Crippen LogP contribution >= 0.6 is 0 Å². The van der Waals surface area contributed by atoms with E-state index in [0.717, 1.165) is 5.56 Å². The second-order valence-electron chi connectivity index (χ2n) is 4.58. The highest BCUT2D eigenvalue weighted by molar-refractivity contribution is 7.89. The van der Waals surface area contributed by atoms with Crippen molar-refractivity contribution in [2.24, 2.45) is 0 Å². The average molecular weight is 299 g/mol. The molecule has 0 atom stereocenters. The zero-order valence-electron chi connectivity index (χ0n) is 12.1. The molecule has 0 saturated heterocycles. The summed E-state index contributed by atoms with van der Waals surface area (Å²) in [5, 5.41) is 0. The van der Waals surface area contributed by atoms with E-state index in [1.165, 1.54) is 0 Å². The van der Waals surface area contributed by atoms with E-state index in [9.17, 15) is 13.2 Å². The summed E-state index contributed by atoms with van der Waals surface area (Å²) in [6.45, 7) is 5.90. The molecule has 0 fully saturated rings. The Bertz CT molecular complexity index is 567. The predicted molar refractivity (Wildman–Crippen MR) is 77.0 cm³/mol. The quantitative estimate of drug-likeness (QED) is 0.617. The highest BCUT2D eigenvalue weighted by Crippen LogP contribution is 2.16. The summed E-state index contributed by atoms with van der Waals surface area (Å²) in [6.07, 6.45) is 0.631. The second kappa shape index (κ2) is 7.40. The zero-order chi connectivity index (χ0) is 15.2. The number of ether oxygens (including phenoxy) is 1. The summed E-state index contributed by atoms with van der Waals surface area (Å²) < 4.78 is 31.6. The van der Waals surface area contributed by atoms with Crippen molar-refractivity contribution in [2.45, 2.75) is 38.5 Å². The van der Waals surface area contributed by atoms with Crippen LogP contribution in [0.1, 0.15) is 30.9 Å². The van der Waals surface area contributed by atoms with Gasteiger partial charge in [0.1, 0.15) is 0 Å². The van der Waals surface area contributed by atoms with Crippen LogP contribution in [0.15, 0.2) is 23.1 Å². The van der Waals surface area contributed by atoms with Crippen molar-refractivity contribution in [3.8, 4) is 0 Å². The monoisotopic (exact) mass is 299 g/mol. The maximum absolute atomic E-state index is 12.1. The van der Waals surface area contributed by atoms with Gasteiger partial charge >= 0.3 is 5.97 Å². The Hall–Kier alpha value is -1.40. The van der Waals surface area contributed by atoms with E-state index < -0.39 is 10.0 Å². The number of esters is 1. The molecule has 0 aliphatic carbocycles. The number of carbonyl (C=O) groups is 1. The Balaban J connectivity index is 2.58. The van der Waals surface area contributed by atoms with Gasteiger partial charge in [-0.15, -0.1) is 0 Å². The van der Waals surface area contributed by atoms with Gasteiger partial charge in [-0.1, -0.05) is 12.1 Å². The lowest BCUT2D eigenvalue weighted by Crippen LogP contribution is -2.26. The number of aryl methyl sites for hydroxylation is 2. The number of benzene rings is 1. The zero-order valence-corrected chi connectivity index (χ0v) is 12.9. The van der Waals surface area contributed by atoms with Crippen LogP contribution in [0.5, 0.6) is 0 Å². The summed E-state index contributed by atoms with van der Waals surface area (Å²) in [6, 6.07) is 5.29. The van der Waals surface area contributed by atoms with E-state index in [0.29, 0.717) is 18.6 Å². The Morgan fingerprint density at radius 3 is 2.65 bits per heavy atom. The molecule has 0 aromatic heterocycles. The maximum Gasteiger partial charge on any atom is 0.305 e. The highest BCUT2D eigenvalue weighted by atomic mass is 32.2. The topological polar surface area (TPSA) is 72.5 Å². The van der Waals surface area contributed by atoms with Crippen molar-refractivity contribution >= 4 is 16.0 Å². The van der Waals surface area contributed by atoms with Gasteiger partial charge in [-0.2, -0.15) is 0 Å². The number of rotatable bonds is 7. The SMILES string of the molecule is CCOC(=O)CCCNS(=O)(=O)c1cc(C)ccc1C. The van der Waals surface area contributed by atoms with Crippen molar-refractivity contribution in [1.82, 2.24) is 4.72 Å². The standard InChI is InChI=1S/C14H21NO4S/c1-4-19-14(16)6-5-9-15-20(17,18)13-10-11(2)7-8-12(13)3/h7-8,10,15H,4-6,9H2,1-3H3. The van der Waals surface area contributed by atoms with Gasteiger partial charge in [-0.05, 0) is 44.4 Å². The molecular weight excluding hydrogens is 278 g/mol. The molecule has 6 heteroatoms. The first-order chi connectivity index (χ1) is 9.36.